The third-order valence-electron chi connectivity index (χ3n) is 3.34. The average Bonchev–Trinajstić information content (AvgIpc) is 2.86. The molecule has 2 N–H and O–H groups in total. The Kier molecular flexibility index (Phi) is 2.86. The van der Waals surface area contributed by atoms with Gasteiger partial charge in [0.1, 0.15) is 0 Å². The Balaban J connectivity index is 1.78. The van der Waals surface area contributed by atoms with Gasteiger partial charge in [-0.15, -0.1) is 0 Å². The van der Waals surface area contributed by atoms with Crippen molar-refractivity contribution in [1.82, 2.24) is 15.2 Å². The molecule has 7 heteroatoms. The minimum atomic E-state index is -0.415. The van der Waals surface area contributed by atoms with E-state index in [-0.39, 0.29) is 11.7 Å². The summed E-state index contributed by atoms with van der Waals surface area (Å²) in [6.07, 6.45) is 5.98. The zero-order valence-electron chi connectivity index (χ0n) is 10.2. The zero-order valence-corrected chi connectivity index (χ0v) is 10.2. The predicted octanol–water partition coefficient (Wildman–Crippen LogP) is 1.68. The summed E-state index contributed by atoms with van der Waals surface area (Å²) >= 11 is 0. The standard InChI is InChI=1S/C12H13N5O2/c18-17(19)11-2-1-5-13-12(11)15-9-3-4-10-8(6-9)7-14-16-10/h1-2,5,7,9H,3-4,6H2,(H,13,15)(H,14,16). The third kappa shape index (κ3) is 2.26. The third-order valence-corrected chi connectivity index (χ3v) is 3.34. The van der Waals surface area contributed by atoms with E-state index < -0.39 is 4.92 Å². The fraction of sp³-hybridized carbons (Fsp3) is 0.333. The lowest BCUT2D eigenvalue weighted by molar-refractivity contribution is -0.384. The van der Waals surface area contributed by atoms with Crippen LogP contribution in [0.4, 0.5) is 11.5 Å². The number of aromatic nitrogens is 3. The van der Waals surface area contributed by atoms with Crippen molar-refractivity contribution in [3.8, 4) is 0 Å². The van der Waals surface area contributed by atoms with E-state index in [0.717, 1.165) is 25.0 Å². The lowest BCUT2D eigenvalue weighted by Crippen LogP contribution is -2.27. The van der Waals surface area contributed by atoms with Gasteiger partial charge in [-0.25, -0.2) is 4.98 Å². The number of nitro groups is 1. The van der Waals surface area contributed by atoms with Crippen LogP contribution in [0.15, 0.2) is 24.5 Å². The minimum absolute atomic E-state index is 0.0143. The fourth-order valence-corrected chi connectivity index (χ4v) is 2.39. The molecule has 0 saturated heterocycles. The number of aromatic amines is 1. The molecular weight excluding hydrogens is 246 g/mol. The molecule has 1 aliphatic rings. The average molecular weight is 259 g/mol. The highest BCUT2D eigenvalue weighted by molar-refractivity contribution is 5.55. The first kappa shape index (κ1) is 11.6. The van der Waals surface area contributed by atoms with Gasteiger partial charge < -0.3 is 5.32 Å². The Morgan fingerprint density at radius 1 is 1.53 bits per heavy atom. The molecule has 1 atom stereocenters. The second-order valence-corrected chi connectivity index (χ2v) is 4.59. The minimum Gasteiger partial charge on any atom is -0.361 e. The topological polar surface area (TPSA) is 96.7 Å². The molecule has 2 heterocycles. The van der Waals surface area contributed by atoms with Crippen molar-refractivity contribution >= 4 is 11.5 Å². The number of hydrogen-bond donors (Lipinski definition) is 2. The summed E-state index contributed by atoms with van der Waals surface area (Å²) in [7, 11) is 0. The lowest BCUT2D eigenvalue weighted by Gasteiger charge is -2.23. The summed E-state index contributed by atoms with van der Waals surface area (Å²) in [5, 5.41) is 21.1. The molecule has 0 bridgehead atoms. The number of aryl methyl sites for hydroxylation is 1. The quantitative estimate of drug-likeness (QED) is 0.645. The first-order chi connectivity index (χ1) is 9.24. The van der Waals surface area contributed by atoms with Crippen molar-refractivity contribution < 1.29 is 4.92 Å². The molecule has 0 fully saturated rings. The highest BCUT2D eigenvalue weighted by atomic mass is 16.6. The van der Waals surface area contributed by atoms with Crippen molar-refractivity contribution in [1.29, 1.82) is 0 Å². The van der Waals surface area contributed by atoms with Gasteiger partial charge >= 0.3 is 5.69 Å². The van der Waals surface area contributed by atoms with Gasteiger partial charge in [0.05, 0.1) is 11.1 Å². The summed E-state index contributed by atoms with van der Waals surface area (Å²) in [6.45, 7) is 0. The van der Waals surface area contributed by atoms with Crippen LogP contribution in [0.3, 0.4) is 0 Å². The Bertz CT molecular complexity index is 610. The molecule has 3 rings (SSSR count). The monoisotopic (exact) mass is 259 g/mol. The SMILES string of the molecule is O=[N+]([O-])c1cccnc1NC1CCc2[nH]ncc2C1. The molecule has 0 aromatic carbocycles. The molecule has 2 aromatic rings. The second kappa shape index (κ2) is 4.68. The van der Waals surface area contributed by atoms with Gasteiger partial charge in [0.2, 0.25) is 5.82 Å². The number of nitrogens with zero attached hydrogens (tertiary/aromatic N) is 3. The maximum absolute atomic E-state index is 10.9. The van der Waals surface area contributed by atoms with E-state index >= 15 is 0 Å². The van der Waals surface area contributed by atoms with Gasteiger partial charge in [-0.2, -0.15) is 5.10 Å². The van der Waals surface area contributed by atoms with Crippen LogP contribution in [0.2, 0.25) is 0 Å². The van der Waals surface area contributed by atoms with Gasteiger partial charge in [-0.05, 0) is 30.9 Å². The Morgan fingerprint density at radius 3 is 3.26 bits per heavy atom. The summed E-state index contributed by atoms with van der Waals surface area (Å²) in [5.41, 5.74) is 2.34. The van der Waals surface area contributed by atoms with Gasteiger partial charge in [-0.3, -0.25) is 15.2 Å². The van der Waals surface area contributed by atoms with Crippen molar-refractivity contribution in [2.75, 3.05) is 5.32 Å². The summed E-state index contributed by atoms with van der Waals surface area (Å²) in [4.78, 5) is 14.6. The largest absolute Gasteiger partial charge is 0.361 e. The molecule has 7 nitrogen and oxygen atoms in total. The van der Waals surface area contributed by atoms with E-state index in [2.05, 4.69) is 20.5 Å². The highest BCUT2D eigenvalue weighted by Gasteiger charge is 2.23. The number of nitrogens with one attached hydrogen (secondary N) is 2. The Morgan fingerprint density at radius 2 is 2.42 bits per heavy atom. The number of hydrogen-bond acceptors (Lipinski definition) is 5. The molecule has 19 heavy (non-hydrogen) atoms. The second-order valence-electron chi connectivity index (χ2n) is 4.59. The van der Waals surface area contributed by atoms with Gasteiger partial charge in [0.25, 0.3) is 0 Å². The molecule has 0 spiro atoms. The normalized spacial score (nSPS) is 17.8. The molecule has 0 radical (unpaired) electrons. The predicted molar refractivity (Wildman–Crippen MR) is 68.9 cm³/mol. The molecule has 98 valence electrons. The smallest absolute Gasteiger partial charge is 0.311 e. The van der Waals surface area contributed by atoms with Crippen LogP contribution in [0, 0.1) is 10.1 Å². The maximum Gasteiger partial charge on any atom is 0.311 e. The molecule has 0 amide bonds. The molecule has 0 saturated carbocycles. The van der Waals surface area contributed by atoms with E-state index in [4.69, 9.17) is 0 Å². The Hall–Kier alpha value is -2.44. The summed E-state index contributed by atoms with van der Waals surface area (Å²) < 4.78 is 0. The van der Waals surface area contributed by atoms with Gasteiger partial charge in [-0.1, -0.05) is 0 Å². The number of H-pyrrole nitrogens is 1. The van der Waals surface area contributed by atoms with Crippen molar-refractivity contribution in [2.45, 2.75) is 25.3 Å². The van der Waals surface area contributed by atoms with Gasteiger partial charge in [0, 0.05) is 24.0 Å². The van der Waals surface area contributed by atoms with Crippen LogP contribution in [-0.2, 0) is 12.8 Å². The number of pyridine rings is 1. The van der Waals surface area contributed by atoms with Crippen molar-refractivity contribution in [3.05, 3.63) is 45.9 Å². The Labute approximate surface area is 109 Å². The maximum atomic E-state index is 10.9. The first-order valence-corrected chi connectivity index (χ1v) is 6.11. The molecule has 0 aliphatic heterocycles. The number of anilines is 1. The fourth-order valence-electron chi connectivity index (χ4n) is 2.39. The van der Waals surface area contributed by atoms with Crippen LogP contribution in [0.5, 0.6) is 0 Å². The van der Waals surface area contributed by atoms with Crippen LogP contribution >= 0.6 is 0 Å². The first-order valence-electron chi connectivity index (χ1n) is 6.11. The van der Waals surface area contributed by atoms with Crippen LogP contribution in [-0.4, -0.2) is 26.1 Å². The molecule has 1 aliphatic carbocycles. The van der Waals surface area contributed by atoms with Gasteiger partial charge in [0.15, 0.2) is 0 Å². The van der Waals surface area contributed by atoms with Crippen molar-refractivity contribution in [2.24, 2.45) is 0 Å². The van der Waals surface area contributed by atoms with E-state index in [1.54, 1.807) is 12.3 Å². The zero-order chi connectivity index (χ0) is 13.2. The van der Waals surface area contributed by atoms with E-state index in [0.29, 0.717) is 5.82 Å². The number of rotatable bonds is 3. The summed E-state index contributed by atoms with van der Waals surface area (Å²) in [5.74, 6) is 0.337. The van der Waals surface area contributed by atoms with E-state index in [1.165, 1.54) is 11.6 Å². The van der Waals surface area contributed by atoms with Crippen molar-refractivity contribution in [3.63, 3.8) is 0 Å². The lowest BCUT2D eigenvalue weighted by atomic mass is 9.93. The molecule has 1 unspecified atom stereocenters. The molecule has 2 aromatic heterocycles. The highest BCUT2D eigenvalue weighted by Crippen LogP contribution is 2.25. The summed E-state index contributed by atoms with van der Waals surface area (Å²) in [6, 6.07) is 3.18. The van der Waals surface area contributed by atoms with Crippen LogP contribution in [0.25, 0.3) is 0 Å². The van der Waals surface area contributed by atoms with E-state index in [9.17, 15) is 10.1 Å². The van der Waals surface area contributed by atoms with Crippen LogP contribution < -0.4 is 5.32 Å². The molecular formula is C12H13N5O2. The number of fused-ring (bicyclic) bond motifs is 1. The van der Waals surface area contributed by atoms with E-state index in [1.807, 2.05) is 6.20 Å². The van der Waals surface area contributed by atoms with Crippen LogP contribution in [0.1, 0.15) is 17.7 Å².